The van der Waals surface area contributed by atoms with Crippen molar-refractivity contribution in [3.63, 3.8) is 0 Å². The molecule has 118 valence electrons. The lowest BCUT2D eigenvalue weighted by Gasteiger charge is -2.24. The van der Waals surface area contributed by atoms with Crippen LogP contribution in [0, 0.1) is 0 Å². The van der Waals surface area contributed by atoms with Gasteiger partial charge in [-0.1, -0.05) is 19.9 Å². The molecule has 0 aromatic carbocycles. The van der Waals surface area contributed by atoms with E-state index in [1.165, 1.54) is 11.3 Å². The third kappa shape index (κ3) is 5.73. The van der Waals surface area contributed by atoms with E-state index in [-0.39, 0.29) is 6.04 Å². The molecule has 0 aliphatic carbocycles. The highest BCUT2D eigenvalue weighted by molar-refractivity contribution is 7.10. The lowest BCUT2D eigenvalue weighted by molar-refractivity contribution is -0.139. The first-order valence-electron chi connectivity index (χ1n) is 7.03. The van der Waals surface area contributed by atoms with Crippen LogP contribution in [-0.4, -0.2) is 47.7 Å². The summed E-state index contributed by atoms with van der Waals surface area (Å²) in [5.41, 5.74) is 0. The maximum absolute atomic E-state index is 11.9. The summed E-state index contributed by atoms with van der Waals surface area (Å²) in [6.45, 7) is 8.59. The van der Waals surface area contributed by atoms with E-state index in [2.05, 4.69) is 29.4 Å². The van der Waals surface area contributed by atoms with Gasteiger partial charge in [0, 0.05) is 17.5 Å². The van der Waals surface area contributed by atoms with E-state index < -0.39 is 18.0 Å². The van der Waals surface area contributed by atoms with E-state index in [0.717, 1.165) is 19.6 Å². The van der Waals surface area contributed by atoms with Crippen molar-refractivity contribution in [2.45, 2.75) is 32.9 Å². The van der Waals surface area contributed by atoms with E-state index in [1.807, 2.05) is 6.92 Å². The SMILES string of the molecule is CCN(CC)CC(C)NC(=O)NC(C(=O)O)c1cccs1. The van der Waals surface area contributed by atoms with Gasteiger partial charge in [-0.3, -0.25) is 0 Å². The Hall–Kier alpha value is -1.60. The number of amides is 2. The molecule has 21 heavy (non-hydrogen) atoms. The fraction of sp³-hybridized carbons (Fsp3) is 0.571. The fourth-order valence-corrected chi connectivity index (χ4v) is 2.79. The molecular weight excluding hydrogens is 290 g/mol. The van der Waals surface area contributed by atoms with Crippen molar-refractivity contribution in [1.82, 2.24) is 15.5 Å². The Bertz CT molecular complexity index is 446. The van der Waals surface area contributed by atoms with E-state index in [0.29, 0.717) is 4.88 Å². The number of carboxylic acids is 1. The third-order valence-electron chi connectivity index (χ3n) is 3.15. The smallest absolute Gasteiger partial charge is 0.331 e. The molecule has 0 fully saturated rings. The first-order valence-corrected chi connectivity index (χ1v) is 7.91. The van der Waals surface area contributed by atoms with Crippen LogP contribution >= 0.6 is 11.3 Å². The molecule has 0 aliphatic heterocycles. The highest BCUT2D eigenvalue weighted by Gasteiger charge is 2.23. The van der Waals surface area contributed by atoms with E-state index in [9.17, 15) is 14.7 Å². The molecular formula is C14H23N3O3S. The monoisotopic (exact) mass is 313 g/mol. The minimum atomic E-state index is -1.07. The van der Waals surface area contributed by atoms with Crippen LogP contribution in [0.5, 0.6) is 0 Å². The predicted molar refractivity (Wildman–Crippen MR) is 83.6 cm³/mol. The quantitative estimate of drug-likeness (QED) is 0.685. The number of rotatable bonds is 8. The zero-order valence-corrected chi connectivity index (χ0v) is 13.4. The number of hydrogen-bond donors (Lipinski definition) is 3. The highest BCUT2D eigenvalue weighted by Crippen LogP contribution is 2.18. The summed E-state index contributed by atoms with van der Waals surface area (Å²) in [5.74, 6) is -1.07. The maximum atomic E-state index is 11.9. The van der Waals surface area contributed by atoms with Crippen LogP contribution < -0.4 is 10.6 Å². The zero-order chi connectivity index (χ0) is 15.8. The molecule has 0 saturated heterocycles. The van der Waals surface area contributed by atoms with Gasteiger partial charge in [0.1, 0.15) is 0 Å². The molecule has 0 spiro atoms. The summed E-state index contributed by atoms with van der Waals surface area (Å²) >= 11 is 1.31. The number of urea groups is 1. The largest absolute Gasteiger partial charge is 0.479 e. The number of nitrogens with zero attached hydrogens (tertiary/aromatic N) is 1. The Morgan fingerprint density at radius 3 is 2.48 bits per heavy atom. The predicted octanol–water partition coefficient (Wildman–Crippen LogP) is 1.90. The molecule has 2 unspecified atom stereocenters. The molecule has 1 rings (SSSR count). The minimum absolute atomic E-state index is 0.0531. The Morgan fingerprint density at radius 2 is 2.00 bits per heavy atom. The number of hydrogen-bond acceptors (Lipinski definition) is 4. The van der Waals surface area contributed by atoms with Gasteiger partial charge in [0.05, 0.1) is 0 Å². The number of nitrogens with one attached hydrogen (secondary N) is 2. The van der Waals surface area contributed by atoms with E-state index >= 15 is 0 Å². The van der Waals surface area contributed by atoms with Gasteiger partial charge in [-0.2, -0.15) is 0 Å². The summed E-state index contributed by atoms with van der Waals surface area (Å²) in [7, 11) is 0. The summed E-state index contributed by atoms with van der Waals surface area (Å²) < 4.78 is 0. The lowest BCUT2D eigenvalue weighted by atomic mass is 10.2. The molecule has 3 N–H and O–H groups in total. The van der Waals surface area contributed by atoms with Gasteiger partial charge >= 0.3 is 12.0 Å². The van der Waals surface area contributed by atoms with Gasteiger partial charge in [-0.25, -0.2) is 9.59 Å². The second-order valence-electron chi connectivity index (χ2n) is 4.79. The highest BCUT2D eigenvalue weighted by atomic mass is 32.1. The van der Waals surface area contributed by atoms with Crippen LogP contribution in [-0.2, 0) is 4.79 Å². The van der Waals surface area contributed by atoms with Gasteiger partial charge in [0.25, 0.3) is 0 Å². The lowest BCUT2D eigenvalue weighted by Crippen LogP contribution is -2.48. The van der Waals surface area contributed by atoms with Crippen LogP contribution in [0.25, 0.3) is 0 Å². The van der Waals surface area contributed by atoms with E-state index in [4.69, 9.17) is 0 Å². The Kier molecular flexibility index (Phi) is 7.18. The molecule has 1 heterocycles. The molecule has 0 aliphatic rings. The van der Waals surface area contributed by atoms with Crippen molar-refractivity contribution >= 4 is 23.3 Å². The van der Waals surface area contributed by atoms with Crippen molar-refractivity contribution in [2.24, 2.45) is 0 Å². The normalized spacial score (nSPS) is 13.7. The molecule has 2 amide bonds. The number of likely N-dealkylation sites (N-methyl/N-ethyl adjacent to an activating group) is 1. The van der Waals surface area contributed by atoms with Crippen molar-refractivity contribution in [1.29, 1.82) is 0 Å². The maximum Gasteiger partial charge on any atom is 0.331 e. The average Bonchev–Trinajstić information content (AvgIpc) is 2.95. The van der Waals surface area contributed by atoms with Crippen molar-refractivity contribution in [3.05, 3.63) is 22.4 Å². The number of carbonyl (C=O) groups is 2. The van der Waals surface area contributed by atoms with Crippen molar-refractivity contribution in [2.75, 3.05) is 19.6 Å². The van der Waals surface area contributed by atoms with Gasteiger partial charge in [0.2, 0.25) is 0 Å². The van der Waals surface area contributed by atoms with Crippen LogP contribution in [0.2, 0.25) is 0 Å². The first-order chi connectivity index (χ1) is 9.97. The molecule has 0 radical (unpaired) electrons. The van der Waals surface area contributed by atoms with E-state index in [1.54, 1.807) is 17.5 Å². The molecule has 0 saturated carbocycles. The second kappa shape index (κ2) is 8.63. The molecule has 1 aromatic rings. The molecule has 2 atom stereocenters. The first kappa shape index (κ1) is 17.5. The summed E-state index contributed by atoms with van der Waals surface area (Å²) in [5, 5.41) is 16.3. The Labute approximate surface area is 129 Å². The van der Waals surface area contributed by atoms with Crippen molar-refractivity contribution < 1.29 is 14.7 Å². The van der Waals surface area contributed by atoms with Crippen LogP contribution in [0.3, 0.4) is 0 Å². The van der Waals surface area contributed by atoms with Crippen LogP contribution in [0.1, 0.15) is 31.7 Å². The van der Waals surface area contributed by atoms with Crippen molar-refractivity contribution in [3.8, 4) is 0 Å². The Morgan fingerprint density at radius 1 is 1.33 bits per heavy atom. The second-order valence-corrected chi connectivity index (χ2v) is 5.77. The fourth-order valence-electron chi connectivity index (χ4n) is 2.02. The number of carbonyl (C=O) groups excluding carboxylic acids is 1. The molecule has 7 heteroatoms. The number of thiophene rings is 1. The standard InChI is InChI=1S/C14H23N3O3S/c1-4-17(5-2)9-10(3)15-14(20)16-12(13(18)19)11-7-6-8-21-11/h6-8,10,12H,4-5,9H2,1-3H3,(H,18,19)(H2,15,16,20). The summed E-state index contributed by atoms with van der Waals surface area (Å²) in [4.78, 5) is 26.0. The summed E-state index contributed by atoms with van der Waals surface area (Å²) in [6, 6.07) is 1.94. The van der Waals surface area contributed by atoms with Gasteiger partial charge in [-0.05, 0) is 31.5 Å². The molecule has 1 aromatic heterocycles. The number of carboxylic acid groups (broad SMARTS) is 1. The number of aliphatic carboxylic acids is 1. The zero-order valence-electron chi connectivity index (χ0n) is 12.6. The van der Waals surface area contributed by atoms with Crippen LogP contribution in [0.4, 0.5) is 4.79 Å². The van der Waals surface area contributed by atoms with Crippen LogP contribution in [0.15, 0.2) is 17.5 Å². The van der Waals surface area contributed by atoms with Gasteiger partial charge in [-0.15, -0.1) is 11.3 Å². The molecule has 6 nitrogen and oxygen atoms in total. The summed E-state index contributed by atoms with van der Waals surface area (Å²) in [6.07, 6.45) is 0. The van der Waals surface area contributed by atoms with Gasteiger partial charge < -0.3 is 20.6 Å². The minimum Gasteiger partial charge on any atom is -0.479 e. The topological polar surface area (TPSA) is 81.7 Å². The molecule has 0 bridgehead atoms. The van der Waals surface area contributed by atoms with Gasteiger partial charge in [0.15, 0.2) is 6.04 Å². The Balaban J connectivity index is 2.53. The third-order valence-corrected chi connectivity index (χ3v) is 4.09. The average molecular weight is 313 g/mol.